The number of hydrogen-bond donors (Lipinski definition) is 2. The second kappa shape index (κ2) is 8.30. The summed E-state index contributed by atoms with van der Waals surface area (Å²) in [5.74, 6) is -2.79. The number of carbonyl (C=O) groups excluding carboxylic acids is 2. The molecular formula is C18H16ClF3N2O3. The first-order chi connectivity index (χ1) is 12.7. The maximum absolute atomic E-state index is 14.0. The van der Waals surface area contributed by atoms with Crippen LogP contribution in [0.3, 0.4) is 0 Å². The van der Waals surface area contributed by atoms with E-state index >= 15 is 0 Å². The molecule has 5 nitrogen and oxygen atoms in total. The van der Waals surface area contributed by atoms with Crippen LogP contribution in [0.5, 0.6) is 0 Å². The second-order valence-corrected chi connectivity index (χ2v) is 5.86. The molecule has 0 aliphatic heterocycles. The van der Waals surface area contributed by atoms with Gasteiger partial charge in [-0.15, -0.1) is 0 Å². The largest absolute Gasteiger partial charge is 0.463 e. The lowest BCUT2D eigenvalue weighted by atomic mass is 10.1. The van der Waals surface area contributed by atoms with Crippen LogP contribution in [0.15, 0.2) is 54.6 Å². The molecule has 2 rings (SSSR count). The summed E-state index contributed by atoms with van der Waals surface area (Å²) in [6.07, 6.45) is -5.22. The minimum absolute atomic E-state index is 0.0525. The van der Waals surface area contributed by atoms with Gasteiger partial charge in [0, 0.05) is 16.3 Å². The third-order valence-electron chi connectivity index (χ3n) is 3.50. The molecule has 0 bridgehead atoms. The van der Waals surface area contributed by atoms with Crippen molar-refractivity contribution in [1.29, 1.82) is 0 Å². The Bertz CT molecular complexity index is 815. The molecule has 1 atom stereocenters. The molecule has 0 heterocycles. The molecule has 0 radical (unpaired) electrons. The van der Waals surface area contributed by atoms with Gasteiger partial charge in [0.15, 0.2) is 0 Å². The summed E-state index contributed by atoms with van der Waals surface area (Å²) >= 11 is 5.81. The van der Waals surface area contributed by atoms with Crippen molar-refractivity contribution in [3.8, 4) is 0 Å². The van der Waals surface area contributed by atoms with Gasteiger partial charge in [-0.1, -0.05) is 35.9 Å². The highest BCUT2D eigenvalue weighted by atomic mass is 35.5. The molecule has 0 fully saturated rings. The number of carbonyl (C=O) groups is 2. The normalized spacial score (nSPS) is 13.4. The number of halogens is 4. The third kappa shape index (κ3) is 4.71. The molecule has 0 spiro atoms. The summed E-state index contributed by atoms with van der Waals surface area (Å²) in [7, 11) is 0. The van der Waals surface area contributed by atoms with Crippen molar-refractivity contribution in [2.45, 2.75) is 18.8 Å². The summed E-state index contributed by atoms with van der Waals surface area (Å²) in [6, 6.07) is 12.5. The topological polar surface area (TPSA) is 67.4 Å². The Balaban J connectivity index is 2.50. The van der Waals surface area contributed by atoms with E-state index in [0.717, 1.165) is 0 Å². The first-order valence-electron chi connectivity index (χ1n) is 7.85. The van der Waals surface area contributed by atoms with Gasteiger partial charge in [0.05, 0.1) is 6.61 Å². The van der Waals surface area contributed by atoms with E-state index in [9.17, 15) is 22.8 Å². The molecule has 0 saturated carbocycles. The van der Waals surface area contributed by atoms with Crippen LogP contribution in [0.4, 0.5) is 18.9 Å². The SMILES string of the molecule is CCOC(=O)[C@](NC(=O)c1ccccc1)(Nc1cccc(Cl)c1)C(F)(F)F. The van der Waals surface area contributed by atoms with E-state index < -0.39 is 23.7 Å². The standard InChI is InChI=1S/C18H16ClF3N2O3/c1-2-27-16(26)17(18(20,21)22,23-14-10-6-9-13(19)11-14)24-15(25)12-7-4-3-5-8-12/h3-11,23H,2H2,1H3,(H,24,25)/t17-/m1/s1. The number of rotatable bonds is 6. The van der Waals surface area contributed by atoms with Crippen molar-refractivity contribution in [2.24, 2.45) is 0 Å². The van der Waals surface area contributed by atoms with Crippen LogP contribution in [0.1, 0.15) is 17.3 Å². The van der Waals surface area contributed by atoms with Crippen LogP contribution >= 0.6 is 11.6 Å². The van der Waals surface area contributed by atoms with E-state index in [0.29, 0.717) is 0 Å². The van der Waals surface area contributed by atoms with E-state index in [1.165, 1.54) is 55.5 Å². The Morgan fingerprint density at radius 1 is 1.07 bits per heavy atom. The third-order valence-corrected chi connectivity index (χ3v) is 3.74. The van der Waals surface area contributed by atoms with Gasteiger partial charge in [-0.25, -0.2) is 4.79 Å². The van der Waals surface area contributed by atoms with Gasteiger partial charge in [-0.2, -0.15) is 13.2 Å². The van der Waals surface area contributed by atoms with E-state index in [4.69, 9.17) is 11.6 Å². The molecule has 2 aromatic rings. The first kappa shape index (κ1) is 20.6. The van der Waals surface area contributed by atoms with E-state index in [1.807, 2.05) is 5.32 Å². The molecular weight excluding hydrogens is 385 g/mol. The predicted molar refractivity (Wildman–Crippen MR) is 94.4 cm³/mol. The van der Waals surface area contributed by atoms with Crippen molar-refractivity contribution >= 4 is 29.2 Å². The number of amides is 1. The zero-order valence-electron chi connectivity index (χ0n) is 14.1. The summed E-state index contributed by atoms with van der Waals surface area (Å²) in [5, 5.41) is 3.94. The number of esters is 1. The van der Waals surface area contributed by atoms with Crippen LogP contribution in [0.25, 0.3) is 0 Å². The Hall–Kier alpha value is -2.74. The van der Waals surface area contributed by atoms with Crippen LogP contribution < -0.4 is 10.6 Å². The van der Waals surface area contributed by atoms with E-state index in [-0.39, 0.29) is 22.9 Å². The Morgan fingerprint density at radius 3 is 2.30 bits per heavy atom. The van der Waals surface area contributed by atoms with Crippen LogP contribution in [0.2, 0.25) is 5.02 Å². The van der Waals surface area contributed by atoms with Crippen molar-refractivity contribution in [1.82, 2.24) is 5.32 Å². The van der Waals surface area contributed by atoms with Crippen LogP contribution in [-0.2, 0) is 9.53 Å². The molecule has 0 unspecified atom stereocenters. The minimum Gasteiger partial charge on any atom is -0.463 e. The van der Waals surface area contributed by atoms with Gasteiger partial charge in [0.2, 0.25) is 0 Å². The number of benzene rings is 2. The van der Waals surface area contributed by atoms with E-state index in [1.54, 1.807) is 11.4 Å². The maximum Gasteiger partial charge on any atom is 0.441 e. The number of nitrogens with one attached hydrogen (secondary N) is 2. The average molecular weight is 401 g/mol. The monoisotopic (exact) mass is 400 g/mol. The quantitative estimate of drug-likeness (QED) is 0.568. The Labute approximate surface area is 158 Å². The maximum atomic E-state index is 14.0. The van der Waals surface area contributed by atoms with Crippen molar-refractivity contribution in [3.05, 3.63) is 65.2 Å². The zero-order chi connectivity index (χ0) is 20.1. The number of anilines is 1. The Kier molecular flexibility index (Phi) is 6.32. The fourth-order valence-corrected chi connectivity index (χ4v) is 2.44. The van der Waals surface area contributed by atoms with Crippen molar-refractivity contribution in [3.63, 3.8) is 0 Å². The van der Waals surface area contributed by atoms with Crippen LogP contribution in [-0.4, -0.2) is 30.3 Å². The molecule has 2 N–H and O–H groups in total. The van der Waals surface area contributed by atoms with Gasteiger partial charge in [0.1, 0.15) is 0 Å². The number of hydrogen-bond acceptors (Lipinski definition) is 4. The molecule has 0 aliphatic rings. The van der Waals surface area contributed by atoms with E-state index in [2.05, 4.69) is 4.74 Å². The zero-order valence-corrected chi connectivity index (χ0v) is 14.9. The van der Waals surface area contributed by atoms with Gasteiger partial charge < -0.3 is 15.4 Å². The summed E-state index contributed by atoms with van der Waals surface area (Å²) in [4.78, 5) is 24.7. The fourth-order valence-electron chi connectivity index (χ4n) is 2.24. The highest BCUT2D eigenvalue weighted by Gasteiger charge is 2.63. The molecule has 2 aromatic carbocycles. The highest BCUT2D eigenvalue weighted by Crippen LogP contribution is 2.34. The predicted octanol–water partition coefficient (Wildman–Crippen LogP) is 4.00. The van der Waals surface area contributed by atoms with Crippen molar-refractivity contribution in [2.75, 3.05) is 11.9 Å². The molecule has 9 heteroatoms. The fraction of sp³-hybridized carbons (Fsp3) is 0.222. The van der Waals surface area contributed by atoms with Gasteiger partial charge in [-0.3, -0.25) is 4.79 Å². The van der Waals surface area contributed by atoms with Crippen molar-refractivity contribution < 1.29 is 27.5 Å². The lowest BCUT2D eigenvalue weighted by Gasteiger charge is -2.35. The second-order valence-electron chi connectivity index (χ2n) is 5.42. The lowest BCUT2D eigenvalue weighted by Crippen LogP contribution is -2.69. The molecule has 27 heavy (non-hydrogen) atoms. The molecule has 0 aliphatic carbocycles. The molecule has 0 aromatic heterocycles. The number of ether oxygens (including phenoxy) is 1. The average Bonchev–Trinajstić information content (AvgIpc) is 2.61. The summed E-state index contributed by atoms with van der Waals surface area (Å²) in [5.41, 5.74) is -3.68. The molecule has 144 valence electrons. The lowest BCUT2D eigenvalue weighted by molar-refractivity contribution is -0.204. The minimum atomic E-state index is -5.22. The van der Waals surface area contributed by atoms with Crippen LogP contribution in [0, 0.1) is 0 Å². The van der Waals surface area contributed by atoms with Gasteiger partial charge in [-0.05, 0) is 37.3 Å². The first-order valence-corrected chi connectivity index (χ1v) is 8.22. The Morgan fingerprint density at radius 2 is 1.74 bits per heavy atom. The molecule has 0 saturated heterocycles. The molecule has 1 amide bonds. The van der Waals surface area contributed by atoms with Gasteiger partial charge >= 0.3 is 17.8 Å². The summed E-state index contributed by atoms with van der Waals surface area (Å²) in [6.45, 7) is 1.05. The highest BCUT2D eigenvalue weighted by molar-refractivity contribution is 6.30. The number of alkyl halides is 3. The van der Waals surface area contributed by atoms with Gasteiger partial charge in [0.25, 0.3) is 5.91 Å². The smallest absolute Gasteiger partial charge is 0.441 e. The summed E-state index contributed by atoms with van der Waals surface area (Å²) < 4.78 is 46.6.